The third-order valence-corrected chi connectivity index (χ3v) is 5.24. The van der Waals surface area contributed by atoms with Crippen molar-refractivity contribution in [2.75, 3.05) is 19.5 Å². The van der Waals surface area contributed by atoms with Gasteiger partial charge in [0.1, 0.15) is 11.5 Å². The van der Waals surface area contributed by atoms with Gasteiger partial charge in [0.25, 0.3) is 0 Å². The highest BCUT2D eigenvalue weighted by molar-refractivity contribution is 7.80. The van der Waals surface area contributed by atoms with Gasteiger partial charge in [-0.25, -0.2) is 0 Å². The van der Waals surface area contributed by atoms with Gasteiger partial charge in [-0.3, -0.25) is 10.4 Å². The molecule has 1 aliphatic heterocycles. The molecule has 4 rings (SSSR count). The summed E-state index contributed by atoms with van der Waals surface area (Å²) in [4.78, 5) is 0. The number of benzene rings is 3. The molecule has 3 aromatic carbocycles. The molecule has 0 spiro atoms. The number of nitrogens with zero attached hydrogens (tertiary/aromatic N) is 1. The quantitative estimate of drug-likeness (QED) is 0.570. The van der Waals surface area contributed by atoms with Gasteiger partial charge in [-0.2, -0.15) is 0 Å². The van der Waals surface area contributed by atoms with E-state index in [-0.39, 0.29) is 6.04 Å². The first-order chi connectivity index (χ1) is 14.7. The lowest BCUT2D eigenvalue weighted by molar-refractivity contribution is 0.347. The first kappa shape index (κ1) is 19.8. The molecule has 1 aliphatic rings. The third kappa shape index (κ3) is 4.23. The second-order valence-electron chi connectivity index (χ2n) is 6.80. The second-order valence-corrected chi connectivity index (χ2v) is 7.19. The number of nitrogens with one attached hydrogen (secondary N) is 2. The maximum absolute atomic E-state index is 5.74. The lowest BCUT2D eigenvalue weighted by atomic mass is 10.0. The van der Waals surface area contributed by atoms with Crippen LogP contribution in [0.1, 0.15) is 17.2 Å². The van der Waals surface area contributed by atoms with Crippen LogP contribution in [-0.2, 0) is 0 Å². The number of methoxy groups -OCH3 is 2. The van der Waals surface area contributed by atoms with Gasteiger partial charge >= 0.3 is 0 Å². The molecule has 5 nitrogen and oxygen atoms in total. The van der Waals surface area contributed by atoms with E-state index in [9.17, 15) is 0 Å². The number of thiocarbonyl (C=S) groups is 1. The summed E-state index contributed by atoms with van der Waals surface area (Å²) in [5.74, 6) is 1.64. The van der Waals surface area contributed by atoms with Gasteiger partial charge < -0.3 is 14.8 Å². The number of para-hydroxylation sites is 1. The van der Waals surface area contributed by atoms with Gasteiger partial charge in [-0.15, -0.1) is 0 Å². The first-order valence-corrected chi connectivity index (χ1v) is 10.0. The minimum Gasteiger partial charge on any atom is -0.497 e. The van der Waals surface area contributed by atoms with Crippen molar-refractivity contribution in [1.82, 2.24) is 10.4 Å². The van der Waals surface area contributed by atoms with Crippen molar-refractivity contribution in [1.29, 1.82) is 0 Å². The van der Waals surface area contributed by atoms with E-state index < -0.39 is 0 Å². The third-order valence-electron chi connectivity index (χ3n) is 4.95. The molecule has 30 heavy (non-hydrogen) atoms. The SMILES string of the molecule is COc1ccc(C2=C[C@H](c3ccc(OC)cc3)N(C(=S)Nc3ccccc3)N2)cc1. The van der Waals surface area contributed by atoms with Crippen LogP contribution in [0.25, 0.3) is 5.70 Å². The first-order valence-electron chi connectivity index (χ1n) is 9.60. The number of hydrogen-bond donors (Lipinski definition) is 2. The lowest BCUT2D eigenvalue weighted by Crippen LogP contribution is -2.42. The lowest BCUT2D eigenvalue weighted by Gasteiger charge is -2.28. The van der Waals surface area contributed by atoms with Crippen molar-refractivity contribution in [3.05, 3.63) is 96.1 Å². The predicted octanol–water partition coefficient (Wildman–Crippen LogP) is 5.00. The van der Waals surface area contributed by atoms with E-state index in [1.165, 1.54) is 0 Å². The molecule has 3 aromatic rings. The Balaban J connectivity index is 1.63. The van der Waals surface area contributed by atoms with Crippen molar-refractivity contribution in [3.8, 4) is 11.5 Å². The highest BCUT2D eigenvalue weighted by Gasteiger charge is 2.29. The smallest absolute Gasteiger partial charge is 0.193 e. The second kappa shape index (κ2) is 8.88. The fourth-order valence-corrected chi connectivity index (χ4v) is 3.61. The molecule has 0 amide bonds. The van der Waals surface area contributed by atoms with E-state index in [0.29, 0.717) is 5.11 Å². The molecule has 6 heteroatoms. The van der Waals surface area contributed by atoms with E-state index in [2.05, 4.69) is 29.0 Å². The summed E-state index contributed by atoms with van der Waals surface area (Å²) in [6, 6.07) is 25.8. The zero-order chi connectivity index (χ0) is 20.9. The van der Waals surface area contributed by atoms with Crippen LogP contribution >= 0.6 is 12.2 Å². The van der Waals surface area contributed by atoms with E-state index >= 15 is 0 Å². The van der Waals surface area contributed by atoms with Crippen LogP contribution in [0.5, 0.6) is 11.5 Å². The summed E-state index contributed by atoms with van der Waals surface area (Å²) in [7, 11) is 3.33. The molecule has 1 atom stereocenters. The van der Waals surface area contributed by atoms with Crippen LogP contribution in [0.15, 0.2) is 84.9 Å². The Labute approximate surface area is 181 Å². The van der Waals surface area contributed by atoms with Crippen LogP contribution in [-0.4, -0.2) is 24.3 Å². The van der Waals surface area contributed by atoms with E-state index in [0.717, 1.165) is 34.0 Å². The Morgan fingerprint density at radius 3 is 2.07 bits per heavy atom. The maximum atomic E-state index is 5.74. The Kier molecular flexibility index (Phi) is 5.86. The van der Waals surface area contributed by atoms with Crippen LogP contribution in [0.4, 0.5) is 5.69 Å². The van der Waals surface area contributed by atoms with Gasteiger partial charge in [0, 0.05) is 5.69 Å². The van der Waals surface area contributed by atoms with E-state index in [1.54, 1.807) is 14.2 Å². The van der Waals surface area contributed by atoms with Gasteiger partial charge in [-0.1, -0.05) is 30.3 Å². The van der Waals surface area contributed by atoms with Crippen LogP contribution in [0, 0.1) is 0 Å². The average Bonchev–Trinajstić information content (AvgIpc) is 3.25. The van der Waals surface area contributed by atoms with Gasteiger partial charge in [0.2, 0.25) is 0 Å². The number of anilines is 1. The van der Waals surface area contributed by atoms with Gasteiger partial charge in [0.05, 0.1) is 26.0 Å². The molecule has 0 saturated carbocycles. The average molecular weight is 418 g/mol. The predicted molar refractivity (Wildman–Crippen MR) is 124 cm³/mol. The highest BCUT2D eigenvalue weighted by Crippen LogP contribution is 2.33. The molecule has 0 saturated heterocycles. The molecule has 0 fully saturated rings. The Morgan fingerprint density at radius 1 is 0.867 bits per heavy atom. The van der Waals surface area contributed by atoms with Crippen molar-refractivity contribution in [2.24, 2.45) is 0 Å². The highest BCUT2D eigenvalue weighted by atomic mass is 32.1. The van der Waals surface area contributed by atoms with Crippen molar-refractivity contribution >= 4 is 28.7 Å². The molecule has 0 radical (unpaired) electrons. The van der Waals surface area contributed by atoms with Crippen molar-refractivity contribution < 1.29 is 9.47 Å². The Hall–Kier alpha value is -3.51. The summed E-state index contributed by atoms with van der Waals surface area (Å²) in [6.45, 7) is 0. The Bertz CT molecular complexity index is 1030. The van der Waals surface area contributed by atoms with E-state index in [1.807, 2.05) is 71.7 Å². The zero-order valence-electron chi connectivity index (χ0n) is 16.8. The monoisotopic (exact) mass is 417 g/mol. The number of hydrogen-bond acceptors (Lipinski definition) is 4. The summed E-state index contributed by atoms with van der Waals surface area (Å²) < 4.78 is 10.6. The molecule has 2 N–H and O–H groups in total. The number of hydrazine groups is 1. The van der Waals surface area contributed by atoms with Crippen molar-refractivity contribution in [2.45, 2.75) is 6.04 Å². The summed E-state index contributed by atoms with van der Waals surface area (Å²) >= 11 is 5.74. The molecule has 0 aromatic heterocycles. The van der Waals surface area contributed by atoms with Crippen LogP contribution < -0.4 is 20.2 Å². The molecule has 0 aliphatic carbocycles. The summed E-state index contributed by atoms with van der Waals surface area (Å²) in [6.07, 6.45) is 2.17. The van der Waals surface area contributed by atoms with Gasteiger partial charge in [0.15, 0.2) is 5.11 Å². The van der Waals surface area contributed by atoms with Crippen LogP contribution in [0.2, 0.25) is 0 Å². The summed E-state index contributed by atoms with van der Waals surface area (Å²) in [5.41, 5.74) is 7.54. The minimum absolute atomic E-state index is 0.0725. The molecule has 0 unspecified atom stereocenters. The maximum Gasteiger partial charge on any atom is 0.193 e. The topological polar surface area (TPSA) is 45.8 Å². The largest absolute Gasteiger partial charge is 0.497 e. The molecule has 1 heterocycles. The molecular formula is C24H23N3O2S. The minimum atomic E-state index is -0.0725. The van der Waals surface area contributed by atoms with Gasteiger partial charge in [-0.05, 0) is 78.0 Å². The van der Waals surface area contributed by atoms with Crippen LogP contribution in [0.3, 0.4) is 0 Å². The fraction of sp³-hybridized carbons (Fsp3) is 0.125. The molecular weight excluding hydrogens is 394 g/mol. The Morgan fingerprint density at radius 2 is 1.47 bits per heavy atom. The van der Waals surface area contributed by atoms with E-state index in [4.69, 9.17) is 21.7 Å². The number of rotatable bonds is 5. The molecule has 0 bridgehead atoms. The zero-order valence-corrected chi connectivity index (χ0v) is 17.6. The summed E-state index contributed by atoms with van der Waals surface area (Å²) in [5, 5.41) is 5.86. The standard InChI is InChI=1S/C24H23N3O2S/c1-28-20-12-8-17(9-13-20)22-16-23(18-10-14-21(29-2)15-11-18)27(26-22)24(30)25-19-6-4-3-5-7-19/h3-16,23,26H,1-2H3,(H,25,30)/t23-/m1/s1. The fourth-order valence-electron chi connectivity index (χ4n) is 3.33. The number of ether oxygens (including phenoxy) is 2. The normalized spacial score (nSPS) is 15.2. The van der Waals surface area contributed by atoms with Crippen molar-refractivity contribution in [3.63, 3.8) is 0 Å². The molecule has 152 valence electrons.